The van der Waals surface area contributed by atoms with Crippen LogP contribution in [0.5, 0.6) is 0 Å². The minimum absolute atomic E-state index is 0.351. The van der Waals surface area contributed by atoms with Crippen molar-refractivity contribution in [3.8, 4) is 0 Å². The summed E-state index contributed by atoms with van der Waals surface area (Å²) in [5.41, 5.74) is 0.972. The number of ether oxygens (including phenoxy) is 3. The molecule has 0 aromatic carbocycles. The lowest BCUT2D eigenvalue weighted by Gasteiger charge is -2.35. The fraction of sp³-hybridized carbons (Fsp3) is 0.727. The summed E-state index contributed by atoms with van der Waals surface area (Å²) >= 11 is 5.51. The molecule has 1 aliphatic heterocycles. The third-order valence-corrected chi connectivity index (χ3v) is 8.54. The second-order valence-electron chi connectivity index (χ2n) is 9.86. The first kappa shape index (κ1) is 35.0. The van der Waals surface area contributed by atoms with Gasteiger partial charge in [0.05, 0.1) is 25.0 Å². The van der Waals surface area contributed by atoms with Crippen LogP contribution in [0.25, 0.3) is 0 Å². The minimum Gasteiger partial charge on any atom is -0.462 e. The van der Waals surface area contributed by atoms with Gasteiger partial charge in [0.15, 0.2) is 30.0 Å². The molecule has 0 saturated carbocycles. The number of hydrogen-bond acceptors (Lipinski definition) is 12. The zero-order valence-electron chi connectivity index (χ0n) is 23.1. The molecule has 1 aromatic heterocycles. The summed E-state index contributed by atoms with van der Waals surface area (Å²) in [5, 5.41) is 26.5. The number of nitrogens with zero attached hydrogens (tertiary/aromatic N) is 2. The van der Waals surface area contributed by atoms with E-state index in [0.29, 0.717) is 10.8 Å². The summed E-state index contributed by atoms with van der Waals surface area (Å²) in [6, 6.07) is -2.33. The normalized spacial score (nSPS) is 24.6. The summed E-state index contributed by atoms with van der Waals surface area (Å²) in [5.74, 6) is -3.54. The molecule has 2 heterocycles. The van der Waals surface area contributed by atoms with Crippen LogP contribution in [0.15, 0.2) is 11.0 Å². The molecule has 0 aliphatic carbocycles. The molecule has 0 bridgehead atoms. The summed E-state index contributed by atoms with van der Waals surface area (Å²) in [6.07, 6.45) is -10.7. The molecule has 0 radical (unpaired) electrons. The predicted octanol–water partition coefficient (Wildman–Crippen LogP) is 0.320. The molecular weight excluding hydrogens is 598 g/mol. The van der Waals surface area contributed by atoms with Crippen LogP contribution in [0.2, 0.25) is 0 Å². The quantitative estimate of drug-likeness (QED) is 0.147. The highest BCUT2D eigenvalue weighted by Gasteiger charge is 2.61. The Morgan fingerprint density at radius 1 is 1.15 bits per heavy atom. The van der Waals surface area contributed by atoms with Crippen LogP contribution >= 0.6 is 6.57 Å². The second-order valence-corrected chi connectivity index (χ2v) is 13.3. The van der Waals surface area contributed by atoms with Crippen LogP contribution < -0.4 is 21.6 Å². The van der Waals surface area contributed by atoms with Crippen LogP contribution in [0.1, 0.15) is 47.8 Å². The number of esters is 2. The van der Waals surface area contributed by atoms with Gasteiger partial charge < -0.3 is 34.7 Å². The van der Waals surface area contributed by atoms with Crippen LogP contribution in [0, 0.1) is 5.82 Å². The second kappa shape index (κ2) is 13.9. The van der Waals surface area contributed by atoms with E-state index in [4.69, 9.17) is 36.3 Å². The van der Waals surface area contributed by atoms with Gasteiger partial charge in [-0.15, -0.1) is 0 Å². The van der Waals surface area contributed by atoms with Crippen molar-refractivity contribution in [3.05, 3.63) is 22.5 Å². The molecular formula is C22H35F3N5O9PS. The number of alkyl halides is 2. The third kappa shape index (κ3) is 8.44. The molecule has 0 amide bonds. The minimum atomic E-state index is -3.85. The van der Waals surface area contributed by atoms with Gasteiger partial charge in [0.1, 0.15) is 24.3 Å². The van der Waals surface area contributed by atoms with Crippen molar-refractivity contribution in [2.75, 3.05) is 12.3 Å². The number of nitrogens with two attached hydrogens (primary N) is 1. The first-order chi connectivity index (χ1) is 18.8. The van der Waals surface area contributed by atoms with Crippen molar-refractivity contribution in [1.29, 1.82) is 0 Å². The fourth-order valence-electron chi connectivity index (χ4n) is 3.62. The van der Waals surface area contributed by atoms with Gasteiger partial charge in [-0.2, -0.15) is 4.98 Å². The Kier molecular flexibility index (Phi) is 11.8. The van der Waals surface area contributed by atoms with Crippen LogP contribution in [0.4, 0.5) is 19.0 Å². The molecule has 1 fully saturated rings. The lowest BCUT2D eigenvalue weighted by atomic mass is 9.96. The van der Waals surface area contributed by atoms with E-state index in [2.05, 4.69) is 15.2 Å². The Morgan fingerprint density at radius 3 is 2.07 bits per heavy atom. The number of hydrogen-bond donors (Lipinski definition) is 5. The molecule has 0 spiro atoms. The van der Waals surface area contributed by atoms with Crippen molar-refractivity contribution in [2.24, 2.45) is 0 Å². The van der Waals surface area contributed by atoms with Crippen molar-refractivity contribution < 1.29 is 51.7 Å². The highest BCUT2D eigenvalue weighted by Crippen LogP contribution is 2.46. The van der Waals surface area contributed by atoms with E-state index in [1.807, 2.05) is 0 Å². The first-order valence-electron chi connectivity index (χ1n) is 12.4. The Balaban J connectivity index is 2.41. The molecule has 41 heavy (non-hydrogen) atoms. The molecule has 2 rings (SSSR count). The van der Waals surface area contributed by atoms with E-state index in [0.717, 1.165) is 0 Å². The maximum absolute atomic E-state index is 14.5. The van der Waals surface area contributed by atoms with Gasteiger partial charge in [-0.05, 0) is 53.3 Å². The Labute approximate surface area is 238 Å². The van der Waals surface area contributed by atoms with E-state index >= 15 is 0 Å². The van der Waals surface area contributed by atoms with Crippen LogP contribution in [-0.4, -0.2) is 86.8 Å². The number of nitrogens with one attached hydrogen (secondary N) is 2. The molecule has 19 heteroatoms. The Bertz CT molecular complexity index is 1180. The summed E-state index contributed by atoms with van der Waals surface area (Å²) in [6.45, 7) is 4.01. The highest BCUT2D eigenvalue weighted by atomic mass is 32.4. The van der Waals surface area contributed by atoms with E-state index in [1.54, 1.807) is 27.7 Å². The van der Waals surface area contributed by atoms with E-state index in [9.17, 15) is 37.8 Å². The van der Waals surface area contributed by atoms with Crippen LogP contribution in [0.3, 0.4) is 0 Å². The molecule has 1 aliphatic rings. The number of aromatic nitrogens is 2. The molecule has 234 valence electrons. The number of anilines is 1. The molecule has 6 N–H and O–H groups in total. The van der Waals surface area contributed by atoms with Crippen molar-refractivity contribution in [2.45, 2.75) is 96.3 Å². The zero-order chi connectivity index (χ0) is 31.4. The average Bonchev–Trinajstić information content (AvgIpc) is 3.10. The Morgan fingerprint density at radius 2 is 1.63 bits per heavy atom. The molecule has 6 atom stereocenters. The van der Waals surface area contributed by atoms with Crippen molar-refractivity contribution in [3.63, 3.8) is 0 Å². The third-order valence-electron chi connectivity index (χ3n) is 5.64. The summed E-state index contributed by atoms with van der Waals surface area (Å²) in [4.78, 5) is 40.3. The molecule has 0 unspecified atom stereocenters. The first-order valence-corrected chi connectivity index (χ1v) is 15.1. The van der Waals surface area contributed by atoms with Gasteiger partial charge in [0.2, 0.25) is 0 Å². The largest absolute Gasteiger partial charge is 0.462 e. The molecule has 14 nitrogen and oxygen atoms in total. The SMILES string of the molecule is CC(C)OC(=O)[C@H](C)NP(=S)(N[C@@H](C)C(=O)OC(C)C)OC[C@@]1(C(F)F)O[C@@H](n2cc(F)c(N)nc2=O)[C@H](O)[C@H]1O. The van der Waals surface area contributed by atoms with E-state index < -0.39 is 97.2 Å². The Hall–Kier alpha value is -2.18. The summed E-state index contributed by atoms with van der Waals surface area (Å²) in [7, 11) is 0. The number of carbonyl (C=O) groups excluding carboxylic acids is 2. The molecule has 1 aromatic rings. The topological polar surface area (TPSA) is 196 Å². The van der Waals surface area contributed by atoms with E-state index in [1.165, 1.54) is 13.8 Å². The average molecular weight is 634 g/mol. The number of carbonyl (C=O) groups is 2. The number of aliphatic hydroxyl groups excluding tert-OH is 2. The van der Waals surface area contributed by atoms with Gasteiger partial charge in [-0.1, -0.05) is 0 Å². The van der Waals surface area contributed by atoms with E-state index in [-0.39, 0.29) is 0 Å². The van der Waals surface area contributed by atoms with Gasteiger partial charge in [0, 0.05) is 0 Å². The maximum Gasteiger partial charge on any atom is 0.351 e. The number of nitrogen functional groups attached to an aromatic ring is 1. The highest BCUT2D eigenvalue weighted by molar-refractivity contribution is 8.10. The van der Waals surface area contributed by atoms with Gasteiger partial charge in [-0.25, -0.2) is 28.1 Å². The lowest BCUT2D eigenvalue weighted by molar-refractivity contribution is -0.191. The lowest BCUT2D eigenvalue weighted by Crippen LogP contribution is -2.53. The van der Waals surface area contributed by atoms with Crippen molar-refractivity contribution in [1.82, 2.24) is 19.7 Å². The molecule has 1 saturated heterocycles. The number of rotatable bonds is 13. The van der Waals surface area contributed by atoms with Crippen LogP contribution in [-0.2, 0) is 40.1 Å². The summed E-state index contributed by atoms with van der Waals surface area (Å²) < 4.78 is 64.5. The monoisotopic (exact) mass is 633 g/mol. The predicted molar refractivity (Wildman–Crippen MR) is 142 cm³/mol. The smallest absolute Gasteiger partial charge is 0.351 e. The van der Waals surface area contributed by atoms with Gasteiger partial charge >= 0.3 is 17.6 Å². The van der Waals surface area contributed by atoms with Gasteiger partial charge in [0.25, 0.3) is 6.43 Å². The fourth-order valence-corrected chi connectivity index (χ4v) is 6.57. The number of aliphatic hydroxyl groups is 2. The van der Waals surface area contributed by atoms with Gasteiger partial charge in [-0.3, -0.25) is 14.2 Å². The zero-order valence-corrected chi connectivity index (χ0v) is 24.8. The number of halogens is 3. The van der Waals surface area contributed by atoms with Crippen molar-refractivity contribution >= 4 is 36.1 Å². The maximum atomic E-state index is 14.5. The standard InChI is InChI=1S/C22H35F3N5O9PS/c1-9(2)37-18(33)11(5)28-40(41,29-12(6)19(34)38-10(3)4)36-8-22(20(24)25)15(32)14(31)17(39-22)30-7-13(23)16(26)27-21(30)35/h7,9-12,14-15,17,20,31-32H,8H2,1-6H3,(H2,26,27,35)(H2,28,29,41)/t11-,12-,14+,15+,17+,22+/m0/s1.